The van der Waals surface area contributed by atoms with Gasteiger partial charge in [0.05, 0.1) is 40.8 Å². The van der Waals surface area contributed by atoms with E-state index in [1.54, 1.807) is 30.6 Å². The number of carbonyl (C=O) groups excluding carboxylic acids is 4. The molecule has 1 fully saturated rings. The lowest BCUT2D eigenvalue weighted by atomic mass is 10.0. The van der Waals surface area contributed by atoms with Gasteiger partial charge in [-0.25, -0.2) is 4.98 Å². The van der Waals surface area contributed by atoms with E-state index in [1.807, 2.05) is 54.9 Å². The summed E-state index contributed by atoms with van der Waals surface area (Å²) in [6.45, 7) is 0.937. The van der Waals surface area contributed by atoms with Crippen LogP contribution in [0.25, 0.3) is 32.0 Å². The van der Waals surface area contributed by atoms with Gasteiger partial charge in [-0.05, 0) is 73.9 Å². The second kappa shape index (κ2) is 13.9. The van der Waals surface area contributed by atoms with Crippen LogP contribution in [0.5, 0.6) is 11.5 Å². The Balaban J connectivity index is 0.861. The van der Waals surface area contributed by atoms with Crippen molar-refractivity contribution in [1.29, 1.82) is 0 Å². The summed E-state index contributed by atoms with van der Waals surface area (Å²) in [5, 5.41) is 3.10. The van der Waals surface area contributed by atoms with E-state index in [-0.39, 0.29) is 42.9 Å². The molecule has 0 spiro atoms. The summed E-state index contributed by atoms with van der Waals surface area (Å²) in [7, 11) is 1.65. The molecule has 248 valence electrons. The number of thiazole rings is 1. The highest BCUT2D eigenvalue weighted by Gasteiger charge is 2.46. The molecule has 13 heteroatoms. The first kappa shape index (κ1) is 32.0. The Bertz CT molecular complexity index is 2060. The molecular weight excluding hydrogens is 646 g/mol. The van der Waals surface area contributed by atoms with Crippen LogP contribution in [0.15, 0.2) is 73.1 Å². The van der Waals surface area contributed by atoms with Crippen LogP contribution in [-0.2, 0) is 20.7 Å². The topological polar surface area (TPSA) is 150 Å². The molecule has 1 N–H and O–H groups in total. The van der Waals surface area contributed by atoms with Crippen molar-refractivity contribution in [3.05, 3.63) is 89.9 Å². The Morgan fingerprint density at radius 1 is 0.918 bits per heavy atom. The third kappa shape index (κ3) is 6.62. The maximum Gasteiger partial charge on any atom is 0.266 e. The predicted octanol–water partition coefficient (Wildman–Crippen LogP) is 4.86. The summed E-state index contributed by atoms with van der Waals surface area (Å²) < 4.78 is 17.9. The molecule has 7 rings (SSSR count). The molecule has 2 aliphatic heterocycles. The molecule has 0 radical (unpaired) electrons. The average Bonchev–Trinajstić information content (AvgIpc) is 3.66. The van der Waals surface area contributed by atoms with Crippen molar-refractivity contribution in [2.24, 2.45) is 0 Å². The number of pyridine rings is 2. The molecule has 0 saturated carbocycles. The first-order valence-corrected chi connectivity index (χ1v) is 16.6. The third-order valence-electron chi connectivity index (χ3n) is 8.36. The molecule has 2 aliphatic rings. The number of fused-ring (bicyclic) bond motifs is 2. The number of aromatic nitrogens is 3. The molecule has 2 aromatic carbocycles. The molecule has 49 heavy (non-hydrogen) atoms. The maximum absolute atomic E-state index is 13.2. The number of nitrogens with one attached hydrogen (secondary N) is 1. The third-order valence-corrected chi connectivity index (χ3v) is 9.43. The van der Waals surface area contributed by atoms with Gasteiger partial charge in [0.15, 0.2) is 0 Å². The summed E-state index contributed by atoms with van der Waals surface area (Å²) in [5.74, 6) is -1.20. The Labute approximate surface area is 285 Å². The monoisotopic (exact) mass is 677 g/mol. The second-order valence-corrected chi connectivity index (χ2v) is 12.5. The molecule has 0 bridgehead atoms. The number of benzene rings is 2. The van der Waals surface area contributed by atoms with Crippen molar-refractivity contribution in [3.63, 3.8) is 0 Å². The average molecular weight is 678 g/mol. The van der Waals surface area contributed by atoms with Crippen LogP contribution in [0.3, 0.4) is 0 Å². The smallest absolute Gasteiger partial charge is 0.266 e. The number of hydrogen-bond donors (Lipinski definition) is 1. The molecular formula is C36H31N5O7S. The Hall–Kier alpha value is -5.53. The minimum absolute atomic E-state index is 0.0576. The molecule has 5 heterocycles. The highest BCUT2D eigenvalue weighted by atomic mass is 32.1. The number of methoxy groups -OCH3 is 1. The number of amides is 4. The number of hydrogen-bond acceptors (Lipinski definition) is 11. The highest BCUT2D eigenvalue weighted by molar-refractivity contribution is 7.21. The number of carbonyl (C=O) groups is 4. The Kier molecular flexibility index (Phi) is 9.09. The van der Waals surface area contributed by atoms with Gasteiger partial charge in [0, 0.05) is 42.2 Å². The van der Waals surface area contributed by atoms with Crippen molar-refractivity contribution < 1.29 is 33.4 Å². The van der Waals surface area contributed by atoms with Gasteiger partial charge >= 0.3 is 0 Å². The summed E-state index contributed by atoms with van der Waals surface area (Å²) in [6.07, 6.45) is 5.28. The molecule has 1 atom stereocenters. The lowest BCUT2D eigenvalue weighted by Crippen LogP contribution is -2.54. The number of rotatable bonds is 12. The van der Waals surface area contributed by atoms with Crippen LogP contribution in [0.1, 0.15) is 45.7 Å². The van der Waals surface area contributed by atoms with E-state index in [0.29, 0.717) is 6.61 Å². The second-order valence-electron chi connectivity index (χ2n) is 11.5. The first-order chi connectivity index (χ1) is 23.9. The van der Waals surface area contributed by atoms with Crippen molar-refractivity contribution >= 4 is 45.2 Å². The molecule has 1 saturated heterocycles. The van der Waals surface area contributed by atoms with E-state index in [9.17, 15) is 19.2 Å². The minimum atomic E-state index is -1.03. The van der Waals surface area contributed by atoms with Crippen molar-refractivity contribution in [3.8, 4) is 33.3 Å². The highest BCUT2D eigenvalue weighted by Crippen LogP contribution is 2.34. The number of piperidine rings is 1. The number of imide groups is 2. The lowest BCUT2D eigenvalue weighted by Gasteiger charge is -2.27. The van der Waals surface area contributed by atoms with Gasteiger partial charge in [0.1, 0.15) is 29.2 Å². The molecule has 0 aliphatic carbocycles. The van der Waals surface area contributed by atoms with Crippen LogP contribution in [0.2, 0.25) is 0 Å². The fourth-order valence-electron chi connectivity index (χ4n) is 5.84. The normalized spacial score (nSPS) is 15.9. The fraction of sp³-hybridized carbons (Fsp3) is 0.250. The van der Waals surface area contributed by atoms with E-state index in [2.05, 4.69) is 15.3 Å². The number of aryl methyl sites for hydroxylation is 1. The Morgan fingerprint density at radius 3 is 2.55 bits per heavy atom. The van der Waals surface area contributed by atoms with E-state index in [0.717, 1.165) is 61.2 Å². The minimum Gasteiger partial charge on any atom is -0.497 e. The first-order valence-electron chi connectivity index (χ1n) is 15.8. The lowest BCUT2D eigenvalue weighted by molar-refractivity contribution is -0.136. The summed E-state index contributed by atoms with van der Waals surface area (Å²) in [5.41, 5.74) is 4.85. The maximum atomic E-state index is 13.2. The Morgan fingerprint density at radius 2 is 1.78 bits per heavy atom. The van der Waals surface area contributed by atoms with Crippen LogP contribution in [0, 0.1) is 0 Å². The largest absolute Gasteiger partial charge is 0.497 e. The van der Waals surface area contributed by atoms with Gasteiger partial charge in [-0.15, -0.1) is 11.3 Å². The van der Waals surface area contributed by atoms with Gasteiger partial charge in [-0.1, -0.05) is 6.07 Å². The zero-order valence-corrected chi connectivity index (χ0v) is 27.3. The summed E-state index contributed by atoms with van der Waals surface area (Å²) in [4.78, 5) is 64.9. The zero-order chi connectivity index (χ0) is 33.9. The molecule has 5 aromatic rings. The van der Waals surface area contributed by atoms with Gasteiger partial charge in [0.2, 0.25) is 11.8 Å². The molecule has 4 amide bonds. The number of ether oxygens (including phenoxy) is 3. The molecule has 1 unspecified atom stereocenters. The van der Waals surface area contributed by atoms with Crippen molar-refractivity contribution in [1.82, 2.24) is 25.2 Å². The summed E-state index contributed by atoms with van der Waals surface area (Å²) >= 11 is 1.60. The fourth-order valence-corrected chi connectivity index (χ4v) is 6.83. The molecule has 12 nitrogen and oxygen atoms in total. The van der Waals surface area contributed by atoms with E-state index < -0.39 is 29.7 Å². The summed E-state index contributed by atoms with van der Waals surface area (Å²) in [6, 6.07) is 17.6. The van der Waals surface area contributed by atoms with Crippen molar-refractivity contribution in [2.75, 3.05) is 26.9 Å². The van der Waals surface area contributed by atoms with E-state index in [4.69, 9.17) is 19.2 Å². The van der Waals surface area contributed by atoms with E-state index >= 15 is 0 Å². The van der Waals surface area contributed by atoms with Gasteiger partial charge < -0.3 is 14.2 Å². The zero-order valence-electron chi connectivity index (χ0n) is 26.5. The van der Waals surface area contributed by atoms with Gasteiger partial charge in [0.25, 0.3) is 11.8 Å². The van der Waals surface area contributed by atoms with Crippen molar-refractivity contribution in [2.45, 2.75) is 31.7 Å². The quantitative estimate of drug-likeness (QED) is 0.143. The van der Waals surface area contributed by atoms with Crippen LogP contribution in [0.4, 0.5) is 0 Å². The van der Waals surface area contributed by atoms with Crippen LogP contribution < -0.4 is 14.8 Å². The SMILES string of the molecule is COc1ccc2nc(-c3ccc(-c4ccc(CCCOCCOc5cccc6c5C(=O)N(C5CCC(=O)NC5=O)C6=O)nc4)nc3)sc2c1. The van der Waals surface area contributed by atoms with Crippen LogP contribution in [-0.4, -0.2) is 76.5 Å². The number of nitrogens with zero attached hydrogens (tertiary/aromatic N) is 4. The van der Waals surface area contributed by atoms with Crippen LogP contribution >= 0.6 is 11.3 Å². The van der Waals surface area contributed by atoms with Gasteiger partial charge in [-0.2, -0.15) is 0 Å². The van der Waals surface area contributed by atoms with E-state index in [1.165, 1.54) is 6.07 Å². The standard InChI is InChI=1S/C36H31N5O7S/c1-46-24-10-12-27-30(18-24)49-34(39-27)22-8-11-26(38-20-22)21-7-9-23(37-19-21)4-3-15-47-16-17-48-29-6-2-5-25-32(29)36(45)41(35(25)44)28-13-14-31(42)40-33(28)43/h2,5-12,18-20,28H,3-4,13-17H2,1H3,(H,40,42,43). The molecule has 3 aromatic heterocycles. The predicted molar refractivity (Wildman–Crippen MR) is 180 cm³/mol. The van der Waals surface area contributed by atoms with Gasteiger partial charge in [-0.3, -0.25) is 39.4 Å².